The maximum absolute atomic E-state index is 12.3. The topological polar surface area (TPSA) is 111 Å². The van der Waals surface area contributed by atoms with E-state index in [2.05, 4.69) is 8.91 Å². The van der Waals surface area contributed by atoms with E-state index in [9.17, 15) is 18.0 Å². The van der Waals surface area contributed by atoms with Gasteiger partial charge in [0.15, 0.2) is 0 Å². The van der Waals surface area contributed by atoms with Gasteiger partial charge in [0.2, 0.25) is 3.79 Å². The van der Waals surface area contributed by atoms with Crippen molar-refractivity contribution in [3.05, 3.63) is 48.0 Å². The van der Waals surface area contributed by atoms with E-state index in [1.54, 1.807) is 6.08 Å². The van der Waals surface area contributed by atoms with Gasteiger partial charge in [-0.1, -0.05) is 77.3 Å². The van der Waals surface area contributed by atoms with Crippen LogP contribution in [0.1, 0.15) is 12.0 Å². The number of nitrogens with zero attached hydrogens (tertiary/aromatic N) is 1. The van der Waals surface area contributed by atoms with Crippen molar-refractivity contribution in [3.8, 4) is 0 Å². The highest BCUT2D eigenvalue weighted by molar-refractivity contribution is 7.84. The largest absolute Gasteiger partial charge is 0.622 e. The number of carbonyl (C=O) groups excluding carboxylic acids is 2. The van der Waals surface area contributed by atoms with Gasteiger partial charge < -0.3 is 9.31 Å². The zero-order valence-electron chi connectivity index (χ0n) is 17.1. The molecule has 0 spiro atoms. The Morgan fingerprint density at radius 3 is 2.34 bits per heavy atom. The highest BCUT2D eigenvalue weighted by atomic mass is 35.6. The number of allylic oxidation sites excluding steroid dienone is 1. The SMILES string of the molecule is CN1CC(=O)OB(C(/C=C/CCc2ccccc2)NS(=O)(=O)OCC(Cl)(Cl)Cl)OC(=O)C1. The van der Waals surface area contributed by atoms with E-state index in [1.807, 2.05) is 30.3 Å². The lowest BCUT2D eigenvalue weighted by atomic mass is 9.78. The second-order valence-corrected chi connectivity index (χ2v) is 10.8. The average Bonchev–Trinajstić information content (AvgIpc) is 2.67. The Hall–Kier alpha value is -1.34. The summed E-state index contributed by atoms with van der Waals surface area (Å²) in [4.78, 5) is 25.5. The Balaban J connectivity index is 2.15. The Morgan fingerprint density at radius 1 is 1.19 bits per heavy atom. The molecule has 1 aromatic carbocycles. The molecule has 1 aromatic rings. The third-order valence-electron chi connectivity index (χ3n) is 4.03. The molecule has 176 valence electrons. The normalized spacial score (nSPS) is 17.6. The summed E-state index contributed by atoms with van der Waals surface area (Å²) in [6.07, 6.45) is 4.29. The van der Waals surface area contributed by atoms with E-state index in [-0.39, 0.29) is 13.1 Å². The number of carbonyl (C=O) groups is 2. The molecule has 0 amide bonds. The van der Waals surface area contributed by atoms with Crippen LogP contribution in [0.15, 0.2) is 42.5 Å². The van der Waals surface area contributed by atoms with Crippen LogP contribution < -0.4 is 4.72 Å². The Bertz CT molecular complexity index is 893. The van der Waals surface area contributed by atoms with E-state index in [0.29, 0.717) is 12.8 Å². The smallest absolute Gasteiger partial charge is 0.497 e. The molecule has 0 aliphatic carbocycles. The lowest BCUT2D eigenvalue weighted by molar-refractivity contribution is -0.145. The van der Waals surface area contributed by atoms with Crippen LogP contribution >= 0.6 is 34.8 Å². The molecule has 0 aromatic heterocycles. The first-order valence-electron chi connectivity index (χ1n) is 9.45. The molecule has 1 N–H and O–H groups in total. The molecule has 0 bridgehead atoms. The summed E-state index contributed by atoms with van der Waals surface area (Å²) < 4.78 is 39.8. The molecule has 32 heavy (non-hydrogen) atoms. The minimum absolute atomic E-state index is 0.174. The van der Waals surface area contributed by atoms with E-state index in [0.717, 1.165) is 5.56 Å². The number of halogens is 3. The van der Waals surface area contributed by atoms with Crippen molar-refractivity contribution in [2.45, 2.75) is 22.6 Å². The maximum Gasteiger partial charge on any atom is 0.622 e. The van der Waals surface area contributed by atoms with Gasteiger partial charge in [-0.15, -0.1) is 0 Å². The number of aryl methyl sites for hydroxylation is 1. The fraction of sp³-hybridized carbons (Fsp3) is 0.444. The van der Waals surface area contributed by atoms with Gasteiger partial charge in [0.25, 0.3) is 0 Å². The molecule has 1 heterocycles. The molecule has 14 heteroatoms. The Morgan fingerprint density at radius 2 is 1.78 bits per heavy atom. The lowest BCUT2D eigenvalue weighted by Crippen LogP contribution is -2.53. The average molecular weight is 528 g/mol. The quantitative estimate of drug-likeness (QED) is 0.294. The summed E-state index contributed by atoms with van der Waals surface area (Å²) >= 11 is 16.6. The van der Waals surface area contributed by atoms with Crippen LogP contribution in [0.5, 0.6) is 0 Å². The standard InChI is InChI=1S/C18H22BCl3N2O7S/c1-24-11-16(25)30-19(31-17(26)12-24)15(23-32(27,28)29-13-18(20,21)22)10-6-5-9-14-7-3-2-4-8-14/h2-4,6-8,10,15,23H,5,9,11-13H2,1H3/b10-6+. The molecule has 1 atom stereocenters. The van der Waals surface area contributed by atoms with Crippen LogP contribution in [0.2, 0.25) is 0 Å². The van der Waals surface area contributed by atoms with Gasteiger partial charge >= 0.3 is 29.4 Å². The highest BCUT2D eigenvalue weighted by Crippen LogP contribution is 2.26. The van der Waals surface area contributed by atoms with Crippen LogP contribution in [-0.4, -0.2) is 68.9 Å². The Labute approximate surface area is 202 Å². The van der Waals surface area contributed by atoms with E-state index in [4.69, 9.17) is 44.1 Å². The lowest BCUT2D eigenvalue weighted by Gasteiger charge is -2.26. The summed E-state index contributed by atoms with van der Waals surface area (Å²) in [7, 11) is -4.48. The summed E-state index contributed by atoms with van der Waals surface area (Å²) in [5.41, 5.74) is 1.08. The van der Waals surface area contributed by atoms with Crippen molar-refractivity contribution in [2.24, 2.45) is 0 Å². The Kier molecular flexibility index (Phi) is 10.3. The summed E-state index contributed by atoms with van der Waals surface area (Å²) in [6.45, 7) is -1.11. The number of hydrogen-bond donors (Lipinski definition) is 1. The van der Waals surface area contributed by atoms with Crippen LogP contribution in [-0.2, 0) is 39.8 Å². The van der Waals surface area contributed by atoms with Gasteiger partial charge in [0.1, 0.15) is 12.5 Å². The summed E-state index contributed by atoms with van der Waals surface area (Å²) in [5, 5.41) is 0. The van der Waals surface area contributed by atoms with Crippen molar-refractivity contribution in [2.75, 3.05) is 26.7 Å². The molecular weight excluding hydrogens is 505 g/mol. The zero-order valence-corrected chi connectivity index (χ0v) is 20.2. The number of likely N-dealkylation sites (N-methyl/N-ethyl adjacent to an activating group) is 1. The minimum atomic E-state index is -4.47. The van der Waals surface area contributed by atoms with Crippen molar-refractivity contribution in [1.82, 2.24) is 9.62 Å². The van der Waals surface area contributed by atoms with Gasteiger partial charge in [-0.25, -0.2) is 0 Å². The number of benzene rings is 1. The molecule has 1 unspecified atom stereocenters. The third-order valence-corrected chi connectivity index (χ3v) is 5.35. The molecule has 1 fully saturated rings. The van der Waals surface area contributed by atoms with Crippen LogP contribution in [0.4, 0.5) is 0 Å². The highest BCUT2D eigenvalue weighted by Gasteiger charge is 2.41. The second kappa shape index (κ2) is 12.2. The van der Waals surface area contributed by atoms with Gasteiger partial charge in [-0.3, -0.25) is 18.7 Å². The summed E-state index contributed by atoms with van der Waals surface area (Å²) in [5.74, 6) is -2.68. The molecule has 2 rings (SSSR count). The summed E-state index contributed by atoms with van der Waals surface area (Å²) in [6, 6.07) is 9.61. The first-order chi connectivity index (χ1) is 14.9. The van der Waals surface area contributed by atoms with Crippen LogP contribution in [0, 0.1) is 0 Å². The zero-order chi connectivity index (χ0) is 23.8. The van der Waals surface area contributed by atoms with Gasteiger partial charge in [0, 0.05) is 0 Å². The van der Waals surface area contributed by atoms with Gasteiger partial charge in [-0.2, -0.15) is 13.1 Å². The van der Waals surface area contributed by atoms with Crippen LogP contribution in [0.3, 0.4) is 0 Å². The van der Waals surface area contributed by atoms with Crippen molar-refractivity contribution in [1.29, 1.82) is 0 Å². The minimum Gasteiger partial charge on any atom is -0.497 e. The number of hydrogen-bond acceptors (Lipinski definition) is 8. The van der Waals surface area contributed by atoms with E-state index in [1.165, 1.54) is 18.0 Å². The molecule has 0 radical (unpaired) electrons. The van der Waals surface area contributed by atoms with Crippen LogP contribution in [0.25, 0.3) is 0 Å². The van der Waals surface area contributed by atoms with Crippen molar-refractivity contribution in [3.63, 3.8) is 0 Å². The molecule has 1 aliphatic rings. The molecule has 1 aliphatic heterocycles. The fourth-order valence-electron chi connectivity index (χ4n) is 2.67. The number of rotatable bonds is 9. The van der Waals surface area contributed by atoms with Crippen molar-refractivity contribution < 1.29 is 31.5 Å². The van der Waals surface area contributed by atoms with E-state index < -0.39 is 45.7 Å². The number of nitrogens with one attached hydrogen (secondary N) is 1. The molecular formula is C18H22BCl3N2O7S. The predicted octanol–water partition coefficient (Wildman–Crippen LogP) is 1.82. The van der Waals surface area contributed by atoms with Gasteiger partial charge in [0.05, 0.1) is 13.1 Å². The monoisotopic (exact) mass is 526 g/mol. The second-order valence-electron chi connectivity index (χ2n) is 6.95. The molecule has 9 nitrogen and oxygen atoms in total. The first kappa shape index (κ1) is 26.9. The molecule has 1 saturated heterocycles. The number of alkyl halides is 3. The van der Waals surface area contributed by atoms with Gasteiger partial charge in [-0.05, 0) is 25.5 Å². The molecule has 0 saturated carbocycles. The first-order valence-corrected chi connectivity index (χ1v) is 12.0. The maximum atomic E-state index is 12.3. The van der Waals surface area contributed by atoms with E-state index >= 15 is 0 Å². The third kappa shape index (κ3) is 10.5. The predicted molar refractivity (Wildman–Crippen MR) is 121 cm³/mol. The van der Waals surface area contributed by atoms with Crippen molar-refractivity contribution >= 4 is 64.2 Å². The fourth-order valence-corrected chi connectivity index (χ4v) is 3.95.